The van der Waals surface area contributed by atoms with Crippen molar-refractivity contribution in [3.05, 3.63) is 30.1 Å². The number of tetrazole rings is 1. The van der Waals surface area contributed by atoms with Gasteiger partial charge >= 0.3 is 0 Å². The van der Waals surface area contributed by atoms with E-state index in [-0.39, 0.29) is 12.5 Å². The quantitative estimate of drug-likeness (QED) is 0.815. The van der Waals surface area contributed by atoms with Crippen LogP contribution in [0.15, 0.2) is 24.3 Å². The Morgan fingerprint density at radius 2 is 2.22 bits per heavy atom. The van der Waals surface area contributed by atoms with Crippen molar-refractivity contribution < 1.29 is 4.79 Å². The van der Waals surface area contributed by atoms with Gasteiger partial charge in [-0.15, -0.1) is 10.2 Å². The third kappa shape index (κ3) is 1.79. The van der Waals surface area contributed by atoms with Gasteiger partial charge in [-0.1, -0.05) is 12.1 Å². The number of amides is 1. The van der Waals surface area contributed by atoms with E-state index < -0.39 is 0 Å². The number of nitrogens with zero attached hydrogens (tertiary/aromatic N) is 5. The van der Waals surface area contributed by atoms with Gasteiger partial charge in [-0.05, 0) is 17.3 Å². The Morgan fingerprint density at radius 3 is 3.00 bits per heavy atom. The Morgan fingerprint density at radius 1 is 1.39 bits per heavy atom. The molecule has 92 valence electrons. The van der Waals surface area contributed by atoms with E-state index in [1.54, 1.807) is 11.9 Å². The maximum absolute atomic E-state index is 11.9. The molecule has 0 fully saturated rings. The topological polar surface area (TPSA) is 75.9 Å². The van der Waals surface area contributed by atoms with Gasteiger partial charge in [-0.2, -0.15) is 4.80 Å². The van der Waals surface area contributed by atoms with Crippen LogP contribution in [0.2, 0.25) is 0 Å². The lowest BCUT2D eigenvalue weighted by Gasteiger charge is -2.29. The predicted molar refractivity (Wildman–Crippen MR) is 64.9 cm³/mol. The Balaban J connectivity index is 1.93. The highest BCUT2D eigenvalue weighted by Crippen LogP contribution is 2.29. The molecule has 0 radical (unpaired) electrons. The molecule has 2 heterocycles. The van der Waals surface area contributed by atoms with Crippen LogP contribution in [0.3, 0.4) is 0 Å². The number of aromatic nitrogens is 4. The van der Waals surface area contributed by atoms with Crippen molar-refractivity contribution in [1.29, 1.82) is 0 Å². The van der Waals surface area contributed by atoms with Crippen molar-refractivity contribution in [3.8, 4) is 0 Å². The van der Waals surface area contributed by atoms with Gasteiger partial charge in [0.15, 0.2) is 5.82 Å². The van der Waals surface area contributed by atoms with E-state index >= 15 is 0 Å². The summed E-state index contributed by atoms with van der Waals surface area (Å²) in [6.45, 7) is 0.628. The normalized spacial score (nSPS) is 14.3. The number of benzene rings is 1. The second kappa shape index (κ2) is 4.10. The zero-order valence-corrected chi connectivity index (χ0v) is 9.87. The van der Waals surface area contributed by atoms with Crippen molar-refractivity contribution in [2.75, 3.05) is 16.8 Å². The van der Waals surface area contributed by atoms with E-state index in [0.29, 0.717) is 12.4 Å². The van der Waals surface area contributed by atoms with Crippen molar-refractivity contribution in [3.63, 3.8) is 0 Å². The first kappa shape index (κ1) is 10.7. The maximum atomic E-state index is 11.9. The fraction of sp³-hybridized carbons (Fsp3) is 0.273. The van der Waals surface area contributed by atoms with E-state index in [2.05, 4.69) is 20.7 Å². The molecule has 0 bridgehead atoms. The van der Waals surface area contributed by atoms with E-state index in [4.69, 9.17) is 0 Å². The van der Waals surface area contributed by atoms with Crippen molar-refractivity contribution in [2.24, 2.45) is 7.05 Å². The first-order chi connectivity index (χ1) is 8.74. The van der Waals surface area contributed by atoms with Crippen LogP contribution in [0.1, 0.15) is 5.82 Å². The predicted octanol–water partition coefficient (Wildman–Crippen LogP) is 0.169. The monoisotopic (exact) mass is 244 g/mol. The van der Waals surface area contributed by atoms with Crippen molar-refractivity contribution in [2.45, 2.75) is 6.54 Å². The van der Waals surface area contributed by atoms with Gasteiger partial charge in [0, 0.05) is 0 Å². The summed E-state index contributed by atoms with van der Waals surface area (Å²) in [7, 11) is 1.70. The first-order valence-corrected chi connectivity index (χ1v) is 5.60. The average molecular weight is 244 g/mol. The summed E-state index contributed by atoms with van der Waals surface area (Å²) in [5, 5.41) is 14.8. The number of hydrogen-bond donors (Lipinski definition) is 1. The van der Waals surface area contributed by atoms with E-state index in [1.807, 2.05) is 24.3 Å². The summed E-state index contributed by atoms with van der Waals surface area (Å²) in [5.74, 6) is 0.531. The second-order valence-corrected chi connectivity index (χ2v) is 4.05. The number of fused-ring (bicyclic) bond motifs is 1. The lowest BCUT2D eigenvalue weighted by atomic mass is 10.2. The maximum Gasteiger partial charge on any atom is 0.246 e. The number of rotatable bonds is 2. The molecule has 1 aliphatic rings. The Bertz CT molecular complexity index is 593. The lowest BCUT2D eigenvalue weighted by molar-refractivity contribution is -0.117. The van der Waals surface area contributed by atoms with E-state index in [0.717, 1.165) is 11.4 Å². The number of carbonyl (C=O) groups is 1. The van der Waals surface area contributed by atoms with Crippen LogP contribution in [0.25, 0.3) is 0 Å². The van der Waals surface area contributed by atoms with Crippen LogP contribution in [0.5, 0.6) is 0 Å². The Labute approximate surface area is 103 Å². The minimum absolute atomic E-state index is 0.00107. The van der Waals surface area contributed by atoms with Gasteiger partial charge in [0.1, 0.15) is 0 Å². The summed E-state index contributed by atoms with van der Waals surface area (Å²) in [6, 6.07) is 7.67. The molecule has 0 atom stereocenters. The molecule has 0 unspecified atom stereocenters. The van der Waals surface area contributed by atoms with E-state index in [1.165, 1.54) is 4.80 Å². The molecule has 0 spiro atoms. The summed E-state index contributed by atoms with van der Waals surface area (Å²) in [5.41, 5.74) is 1.79. The van der Waals surface area contributed by atoms with Crippen LogP contribution in [-0.2, 0) is 18.4 Å². The fourth-order valence-electron chi connectivity index (χ4n) is 1.96. The molecule has 0 aliphatic carbocycles. The fourth-order valence-corrected chi connectivity index (χ4v) is 1.96. The molecule has 2 aromatic rings. The smallest absolute Gasteiger partial charge is 0.246 e. The SMILES string of the molecule is Cn1nnc(CN2C(=O)CNc3ccccc32)n1. The standard InChI is InChI=1S/C11H12N6O/c1-16-14-10(13-15-16)7-17-9-5-3-2-4-8(9)12-6-11(17)18/h2-5,12H,6-7H2,1H3. The molecule has 1 aromatic carbocycles. The number of anilines is 2. The molecule has 0 saturated heterocycles. The summed E-state index contributed by atoms with van der Waals surface area (Å²) in [6.07, 6.45) is 0. The number of aryl methyl sites for hydroxylation is 1. The summed E-state index contributed by atoms with van der Waals surface area (Å²) < 4.78 is 0. The molecule has 18 heavy (non-hydrogen) atoms. The largest absolute Gasteiger partial charge is 0.374 e. The van der Waals surface area contributed by atoms with Crippen LogP contribution in [-0.4, -0.2) is 32.7 Å². The van der Waals surface area contributed by atoms with Crippen LogP contribution in [0, 0.1) is 0 Å². The zero-order valence-electron chi connectivity index (χ0n) is 9.87. The third-order valence-electron chi connectivity index (χ3n) is 2.78. The molecule has 3 rings (SSSR count). The minimum atomic E-state index is 0.00107. The van der Waals surface area contributed by atoms with E-state index in [9.17, 15) is 4.79 Å². The van der Waals surface area contributed by atoms with Gasteiger partial charge in [0.05, 0.1) is 31.5 Å². The number of carbonyl (C=O) groups excluding carboxylic acids is 1. The van der Waals surface area contributed by atoms with Gasteiger partial charge in [-0.3, -0.25) is 4.79 Å². The molecule has 1 N–H and O–H groups in total. The second-order valence-electron chi connectivity index (χ2n) is 4.05. The number of hydrogen-bond acceptors (Lipinski definition) is 5. The number of nitrogens with one attached hydrogen (secondary N) is 1. The summed E-state index contributed by atoms with van der Waals surface area (Å²) >= 11 is 0. The highest BCUT2D eigenvalue weighted by atomic mass is 16.2. The molecular weight excluding hydrogens is 232 g/mol. The number of para-hydroxylation sites is 2. The van der Waals surface area contributed by atoms with Crippen LogP contribution in [0.4, 0.5) is 11.4 Å². The highest BCUT2D eigenvalue weighted by molar-refractivity contribution is 6.02. The molecule has 0 saturated carbocycles. The molecule has 1 amide bonds. The lowest BCUT2D eigenvalue weighted by Crippen LogP contribution is -2.39. The molecule has 7 nitrogen and oxygen atoms in total. The van der Waals surface area contributed by atoms with Gasteiger partial charge in [0.2, 0.25) is 5.91 Å². The zero-order chi connectivity index (χ0) is 12.5. The highest BCUT2D eigenvalue weighted by Gasteiger charge is 2.24. The molecule has 7 heteroatoms. The Kier molecular flexibility index (Phi) is 2.44. The summed E-state index contributed by atoms with van der Waals surface area (Å²) in [4.78, 5) is 15.0. The first-order valence-electron chi connectivity index (χ1n) is 5.60. The Hall–Kier alpha value is -2.44. The molecule has 1 aromatic heterocycles. The molecule has 1 aliphatic heterocycles. The third-order valence-corrected chi connectivity index (χ3v) is 2.78. The van der Waals surface area contributed by atoms with Gasteiger partial charge < -0.3 is 10.2 Å². The molecular formula is C11H12N6O. The van der Waals surface area contributed by atoms with Gasteiger partial charge in [0.25, 0.3) is 0 Å². The average Bonchev–Trinajstić information content (AvgIpc) is 2.79. The van der Waals surface area contributed by atoms with Crippen molar-refractivity contribution >= 4 is 17.3 Å². The van der Waals surface area contributed by atoms with Crippen molar-refractivity contribution in [1.82, 2.24) is 20.2 Å². The van der Waals surface area contributed by atoms with Gasteiger partial charge in [-0.25, -0.2) is 0 Å². The minimum Gasteiger partial charge on any atom is -0.374 e. The van der Waals surface area contributed by atoms with Crippen LogP contribution < -0.4 is 10.2 Å². The van der Waals surface area contributed by atoms with Crippen LogP contribution >= 0.6 is 0 Å².